The average Bonchev–Trinajstić information content (AvgIpc) is 2.79. The molecule has 32 heavy (non-hydrogen) atoms. The number of methoxy groups -OCH3 is 1. The van der Waals surface area contributed by atoms with E-state index in [9.17, 15) is 4.79 Å². The quantitative estimate of drug-likeness (QED) is 0.158. The number of para-hydroxylation sites is 1. The van der Waals surface area contributed by atoms with Gasteiger partial charge in [-0.2, -0.15) is 0 Å². The first kappa shape index (κ1) is 23.5. The first-order valence-electron chi connectivity index (χ1n) is 9.39. The Morgan fingerprint density at radius 3 is 2.47 bits per heavy atom. The van der Waals surface area contributed by atoms with Gasteiger partial charge in [0, 0.05) is 23.5 Å². The largest absolute Gasteiger partial charge is 0.496 e. The molecule has 3 rings (SSSR count). The molecule has 0 bridgehead atoms. The van der Waals surface area contributed by atoms with Gasteiger partial charge in [-0.05, 0) is 42.3 Å². The van der Waals surface area contributed by atoms with Crippen LogP contribution in [0.4, 0.5) is 11.4 Å². The molecule has 0 spiro atoms. The van der Waals surface area contributed by atoms with Crippen LogP contribution < -0.4 is 20.5 Å². The molecule has 0 aliphatic rings. The van der Waals surface area contributed by atoms with E-state index in [1.807, 2.05) is 30.3 Å². The first-order chi connectivity index (χ1) is 15.5. The average molecular weight is 487 g/mol. The molecule has 0 atom stereocenters. The van der Waals surface area contributed by atoms with E-state index in [0.29, 0.717) is 33.0 Å². The van der Waals surface area contributed by atoms with Crippen molar-refractivity contribution in [2.45, 2.75) is 4.90 Å². The predicted molar refractivity (Wildman–Crippen MR) is 134 cm³/mol. The topological polar surface area (TPSA) is 88.7 Å². The maximum absolute atomic E-state index is 12.3. The Morgan fingerprint density at radius 2 is 1.78 bits per heavy atom. The number of nitrogens with two attached hydrogens (primary N) is 1. The molecule has 0 fully saturated rings. The van der Waals surface area contributed by atoms with E-state index >= 15 is 0 Å². The van der Waals surface area contributed by atoms with Crippen molar-refractivity contribution in [1.82, 2.24) is 0 Å². The van der Waals surface area contributed by atoms with Crippen molar-refractivity contribution in [3.8, 4) is 5.75 Å². The monoisotopic (exact) mass is 486 g/mol. The van der Waals surface area contributed by atoms with Gasteiger partial charge in [0.05, 0.1) is 27.7 Å². The zero-order valence-corrected chi connectivity index (χ0v) is 19.3. The summed E-state index contributed by atoms with van der Waals surface area (Å²) in [5.41, 5.74) is 7.86. The predicted octanol–water partition coefficient (Wildman–Crippen LogP) is 5.98. The fourth-order valence-corrected chi connectivity index (χ4v) is 4.06. The van der Waals surface area contributed by atoms with E-state index in [-0.39, 0.29) is 5.91 Å². The number of rotatable bonds is 8. The SMILES string of the molecule is COc1ccc(NC(=O)/C=C/N=C(N)c2ccccc2)cc1SNc1c(Cl)cccc1Cl. The molecule has 9 heteroatoms. The molecule has 4 N–H and O–H groups in total. The lowest BCUT2D eigenvalue weighted by atomic mass is 10.2. The minimum atomic E-state index is -0.349. The number of nitrogens with zero attached hydrogens (tertiary/aromatic N) is 1. The number of hydrogen-bond acceptors (Lipinski definition) is 5. The van der Waals surface area contributed by atoms with E-state index < -0.39 is 0 Å². The molecule has 3 aromatic rings. The van der Waals surface area contributed by atoms with Crippen LogP contribution in [-0.2, 0) is 4.79 Å². The number of amides is 1. The summed E-state index contributed by atoms with van der Waals surface area (Å²) < 4.78 is 8.53. The Bertz CT molecular complexity index is 1130. The molecular formula is C23H20Cl2N4O2S. The van der Waals surface area contributed by atoms with Gasteiger partial charge < -0.3 is 20.5 Å². The van der Waals surface area contributed by atoms with Gasteiger partial charge >= 0.3 is 0 Å². The van der Waals surface area contributed by atoms with Gasteiger partial charge in [-0.15, -0.1) is 0 Å². The molecule has 0 saturated heterocycles. The van der Waals surface area contributed by atoms with Gasteiger partial charge in [0.15, 0.2) is 0 Å². The van der Waals surface area contributed by atoms with Crippen LogP contribution in [0.5, 0.6) is 5.75 Å². The van der Waals surface area contributed by atoms with E-state index in [1.54, 1.807) is 43.5 Å². The summed E-state index contributed by atoms with van der Waals surface area (Å²) in [5.74, 6) is 0.597. The van der Waals surface area contributed by atoms with Crippen LogP contribution in [-0.4, -0.2) is 18.9 Å². The van der Waals surface area contributed by atoms with Crippen LogP contribution in [0.25, 0.3) is 0 Å². The van der Waals surface area contributed by atoms with Crippen molar-refractivity contribution in [1.29, 1.82) is 0 Å². The summed E-state index contributed by atoms with van der Waals surface area (Å²) in [6.45, 7) is 0. The van der Waals surface area contributed by atoms with E-state index in [4.69, 9.17) is 33.7 Å². The molecular weight excluding hydrogens is 467 g/mol. The molecule has 1 amide bonds. The number of anilines is 2. The van der Waals surface area contributed by atoms with Crippen molar-refractivity contribution in [3.63, 3.8) is 0 Å². The molecule has 0 heterocycles. The number of carbonyl (C=O) groups is 1. The van der Waals surface area contributed by atoms with Crippen molar-refractivity contribution < 1.29 is 9.53 Å². The van der Waals surface area contributed by atoms with Gasteiger partial charge in [-0.1, -0.05) is 59.6 Å². The number of carbonyl (C=O) groups excluding carboxylic acids is 1. The Balaban J connectivity index is 1.67. The smallest absolute Gasteiger partial charge is 0.249 e. The maximum atomic E-state index is 12.3. The second-order valence-electron chi connectivity index (χ2n) is 6.35. The second-order valence-corrected chi connectivity index (χ2v) is 8.01. The molecule has 3 aromatic carbocycles. The zero-order chi connectivity index (χ0) is 22.9. The fourth-order valence-electron chi connectivity index (χ4n) is 2.59. The highest BCUT2D eigenvalue weighted by Crippen LogP contribution is 2.37. The van der Waals surface area contributed by atoms with Crippen LogP contribution in [0.15, 0.2) is 88.9 Å². The number of halogens is 2. The molecule has 0 aliphatic carbocycles. The second kappa shape index (κ2) is 11.5. The van der Waals surface area contributed by atoms with E-state index in [1.165, 1.54) is 24.2 Å². The fraction of sp³-hybridized carbons (Fsp3) is 0.0435. The lowest BCUT2D eigenvalue weighted by molar-refractivity contribution is -0.111. The Hall–Kier alpha value is -3.13. The van der Waals surface area contributed by atoms with Gasteiger partial charge in [0.25, 0.3) is 0 Å². The minimum Gasteiger partial charge on any atom is -0.496 e. The van der Waals surface area contributed by atoms with Crippen LogP contribution in [0.1, 0.15) is 5.56 Å². The standard InChI is InChI=1S/C23H20Cl2N4O2S/c1-31-19-11-10-16(14-20(19)32-29-22-17(24)8-5-9-18(22)25)28-21(30)12-13-27-23(26)15-6-3-2-4-7-15/h2-14,29H,1H3,(H2,26,27)(H,28,30)/b13-12+. The van der Waals surface area contributed by atoms with Crippen molar-refractivity contribution in [3.05, 3.63) is 94.6 Å². The zero-order valence-electron chi connectivity index (χ0n) is 17.0. The molecule has 0 aromatic heterocycles. The third-order valence-electron chi connectivity index (χ3n) is 4.17. The first-order valence-corrected chi connectivity index (χ1v) is 11.0. The highest BCUT2D eigenvalue weighted by Gasteiger charge is 2.10. The summed E-state index contributed by atoms with van der Waals surface area (Å²) in [4.78, 5) is 17.1. The Labute approximate surface area is 200 Å². The van der Waals surface area contributed by atoms with Gasteiger partial charge in [0.1, 0.15) is 11.6 Å². The van der Waals surface area contributed by atoms with Crippen molar-refractivity contribution in [2.24, 2.45) is 10.7 Å². The molecule has 6 nitrogen and oxygen atoms in total. The molecule has 0 saturated carbocycles. The van der Waals surface area contributed by atoms with Crippen LogP contribution in [0.2, 0.25) is 10.0 Å². The normalized spacial score (nSPS) is 11.4. The lowest BCUT2D eigenvalue weighted by Gasteiger charge is -2.13. The van der Waals surface area contributed by atoms with E-state index in [2.05, 4.69) is 15.0 Å². The summed E-state index contributed by atoms with van der Waals surface area (Å²) in [7, 11) is 1.57. The molecule has 0 radical (unpaired) electrons. The Kier molecular flexibility index (Phi) is 8.44. The summed E-state index contributed by atoms with van der Waals surface area (Å²) in [5, 5.41) is 3.77. The number of hydrogen-bond donors (Lipinski definition) is 3. The summed E-state index contributed by atoms with van der Waals surface area (Å²) >= 11 is 13.7. The summed E-state index contributed by atoms with van der Waals surface area (Å²) in [6.07, 6.45) is 2.66. The number of amidine groups is 1. The highest BCUT2D eigenvalue weighted by atomic mass is 35.5. The third kappa shape index (κ3) is 6.43. The molecule has 0 unspecified atom stereocenters. The van der Waals surface area contributed by atoms with Crippen molar-refractivity contribution >= 4 is 58.3 Å². The van der Waals surface area contributed by atoms with Gasteiger partial charge in [0.2, 0.25) is 5.91 Å². The lowest BCUT2D eigenvalue weighted by Crippen LogP contribution is -2.12. The number of nitrogens with one attached hydrogen (secondary N) is 2. The van der Waals surface area contributed by atoms with Gasteiger partial charge in [-0.25, -0.2) is 4.99 Å². The minimum absolute atomic E-state index is 0.321. The van der Waals surface area contributed by atoms with Crippen LogP contribution >= 0.6 is 35.1 Å². The van der Waals surface area contributed by atoms with Crippen LogP contribution in [0, 0.1) is 0 Å². The Morgan fingerprint density at radius 1 is 1.06 bits per heavy atom. The molecule has 164 valence electrons. The van der Waals surface area contributed by atoms with Crippen molar-refractivity contribution in [2.75, 3.05) is 17.1 Å². The highest BCUT2D eigenvalue weighted by molar-refractivity contribution is 8.00. The summed E-state index contributed by atoms with van der Waals surface area (Å²) in [6, 6.07) is 19.8. The molecule has 0 aliphatic heterocycles. The number of aliphatic imine (C=N–C) groups is 1. The van der Waals surface area contributed by atoms with Crippen LogP contribution in [0.3, 0.4) is 0 Å². The third-order valence-corrected chi connectivity index (χ3v) is 5.64. The number of benzene rings is 3. The van der Waals surface area contributed by atoms with Gasteiger partial charge in [-0.3, -0.25) is 4.79 Å². The number of ether oxygens (including phenoxy) is 1. The maximum Gasteiger partial charge on any atom is 0.249 e. The van der Waals surface area contributed by atoms with E-state index in [0.717, 1.165) is 10.5 Å².